The lowest BCUT2D eigenvalue weighted by Crippen LogP contribution is -2.51. The largest absolute Gasteiger partial charge is 0.345 e. The number of aromatic amines is 1. The van der Waals surface area contributed by atoms with E-state index in [9.17, 15) is 9.59 Å². The lowest BCUT2D eigenvalue weighted by molar-refractivity contribution is -0.133. The third-order valence-electron chi connectivity index (χ3n) is 10.3. The van der Waals surface area contributed by atoms with E-state index in [0.29, 0.717) is 25.3 Å². The summed E-state index contributed by atoms with van der Waals surface area (Å²) in [4.78, 5) is 39.4. The Kier molecular flexibility index (Phi) is 11.5. The van der Waals surface area contributed by atoms with Crippen LogP contribution >= 0.6 is 11.3 Å². The van der Waals surface area contributed by atoms with Crippen LogP contribution in [0.1, 0.15) is 81.8 Å². The molecule has 3 atom stereocenters. The number of fused-ring (bicyclic) bond motifs is 1. The number of para-hydroxylation sites is 2. The maximum atomic E-state index is 13.5. The second-order valence-corrected chi connectivity index (χ2v) is 15.1. The SMILES string of the molecule is CC(CN(CCc1ccccc1)C1CCCN(C(=O)CCc2nc3ccccc3[nH]2)C1)c1nnc(CNC(=O)c2ccccc2C2CCNC2)s1. The van der Waals surface area contributed by atoms with Gasteiger partial charge in [-0.15, -0.1) is 10.2 Å². The molecule has 0 radical (unpaired) electrons. The van der Waals surface area contributed by atoms with E-state index in [4.69, 9.17) is 0 Å². The van der Waals surface area contributed by atoms with Crippen molar-refractivity contribution in [2.24, 2.45) is 0 Å². The minimum atomic E-state index is -0.0663. The summed E-state index contributed by atoms with van der Waals surface area (Å²) >= 11 is 1.58. The van der Waals surface area contributed by atoms with Crippen molar-refractivity contribution in [3.63, 3.8) is 0 Å². The first-order chi connectivity index (χ1) is 25.0. The molecule has 266 valence electrons. The molecule has 3 aromatic carbocycles. The van der Waals surface area contributed by atoms with Crippen LogP contribution in [0.4, 0.5) is 0 Å². The Morgan fingerprint density at radius 3 is 2.67 bits per heavy atom. The molecule has 0 aliphatic carbocycles. The van der Waals surface area contributed by atoms with Gasteiger partial charge in [0.05, 0.1) is 17.6 Å². The predicted octanol–water partition coefficient (Wildman–Crippen LogP) is 5.69. The highest BCUT2D eigenvalue weighted by atomic mass is 32.1. The number of imidazole rings is 1. The van der Waals surface area contributed by atoms with E-state index in [1.807, 2.05) is 42.5 Å². The number of carbonyl (C=O) groups is 2. The van der Waals surface area contributed by atoms with E-state index in [2.05, 4.69) is 83.9 Å². The molecule has 11 heteroatoms. The standard InChI is InChI=1S/C40H48N8O2S/c1-28(40-46-45-37(51-40)25-42-39(50)33-14-6-5-13-32(33)30-19-21-41-24-30)26-47(23-20-29-10-3-2-4-11-29)31-12-9-22-48(27-31)38(49)18-17-36-43-34-15-7-8-16-35(34)44-36/h2-8,10-11,13-16,28,30-31,41H,9,12,17-27H2,1H3,(H,42,50)(H,43,44). The van der Waals surface area contributed by atoms with Gasteiger partial charge in [-0.05, 0) is 67.5 Å². The summed E-state index contributed by atoms with van der Waals surface area (Å²) in [7, 11) is 0. The molecule has 5 aromatic rings. The maximum absolute atomic E-state index is 13.5. The third-order valence-corrected chi connectivity index (χ3v) is 11.5. The highest BCUT2D eigenvalue weighted by Gasteiger charge is 2.30. The molecule has 2 amide bonds. The van der Waals surface area contributed by atoms with E-state index in [1.54, 1.807) is 11.3 Å². The molecule has 3 unspecified atom stereocenters. The van der Waals surface area contributed by atoms with Gasteiger partial charge in [0.2, 0.25) is 5.91 Å². The first kappa shape index (κ1) is 35.0. The number of H-pyrrole nitrogens is 1. The Morgan fingerprint density at radius 2 is 1.82 bits per heavy atom. The number of piperidine rings is 1. The van der Waals surface area contributed by atoms with Crippen molar-refractivity contribution in [3.8, 4) is 0 Å². The number of rotatable bonds is 14. The molecular weight excluding hydrogens is 657 g/mol. The summed E-state index contributed by atoms with van der Waals surface area (Å²) in [5.41, 5.74) is 5.10. The average molecular weight is 705 g/mol. The number of amides is 2. The Hall–Kier alpha value is -4.45. The van der Waals surface area contributed by atoms with Crippen molar-refractivity contribution in [1.29, 1.82) is 0 Å². The molecule has 3 N–H and O–H groups in total. The molecule has 4 heterocycles. The van der Waals surface area contributed by atoms with Crippen LogP contribution in [0.15, 0.2) is 78.9 Å². The molecule has 0 bridgehead atoms. The fourth-order valence-electron chi connectivity index (χ4n) is 7.53. The van der Waals surface area contributed by atoms with Gasteiger partial charge in [0.25, 0.3) is 5.91 Å². The number of carbonyl (C=O) groups excluding carboxylic acids is 2. The molecule has 0 saturated carbocycles. The molecule has 2 fully saturated rings. The second kappa shape index (κ2) is 16.7. The lowest BCUT2D eigenvalue weighted by atomic mass is 9.93. The summed E-state index contributed by atoms with van der Waals surface area (Å²) in [5.74, 6) is 1.50. The molecular formula is C40H48N8O2S. The number of nitrogens with zero attached hydrogens (tertiary/aromatic N) is 5. The van der Waals surface area contributed by atoms with Crippen LogP contribution in [0.5, 0.6) is 0 Å². The zero-order valence-corrected chi connectivity index (χ0v) is 30.2. The summed E-state index contributed by atoms with van der Waals surface area (Å²) in [6.07, 6.45) is 5.08. The van der Waals surface area contributed by atoms with Gasteiger partial charge >= 0.3 is 0 Å². The monoisotopic (exact) mass is 704 g/mol. The number of hydrogen-bond donors (Lipinski definition) is 3. The van der Waals surface area contributed by atoms with Crippen molar-refractivity contribution in [3.05, 3.63) is 111 Å². The van der Waals surface area contributed by atoms with Crippen LogP contribution in [0.25, 0.3) is 11.0 Å². The van der Waals surface area contributed by atoms with Gasteiger partial charge in [0, 0.05) is 63.1 Å². The van der Waals surface area contributed by atoms with E-state index in [-0.39, 0.29) is 23.8 Å². The normalized spacial score (nSPS) is 18.4. The van der Waals surface area contributed by atoms with Crippen LogP contribution in [-0.2, 0) is 24.2 Å². The highest BCUT2D eigenvalue weighted by Crippen LogP contribution is 2.27. The Labute approximate surface area is 304 Å². The van der Waals surface area contributed by atoms with Crippen molar-refractivity contribution < 1.29 is 9.59 Å². The van der Waals surface area contributed by atoms with E-state index < -0.39 is 0 Å². The van der Waals surface area contributed by atoms with Gasteiger partial charge < -0.3 is 20.5 Å². The van der Waals surface area contributed by atoms with Gasteiger partial charge in [-0.1, -0.05) is 78.9 Å². The quantitative estimate of drug-likeness (QED) is 0.136. The third kappa shape index (κ3) is 8.90. The molecule has 7 rings (SSSR count). The van der Waals surface area contributed by atoms with Gasteiger partial charge in [-0.25, -0.2) is 4.98 Å². The number of likely N-dealkylation sites (tertiary alicyclic amines) is 1. The molecule has 2 aliphatic heterocycles. The predicted molar refractivity (Wildman–Crippen MR) is 202 cm³/mol. The fourth-order valence-corrected chi connectivity index (χ4v) is 8.35. The van der Waals surface area contributed by atoms with Gasteiger partial charge in [-0.2, -0.15) is 0 Å². The summed E-state index contributed by atoms with van der Waals surface area (Å²) in [6, 6.07) is 26.8. The minimum absolute atomic E-state index is 0.0663. The Morgan fingerprint density at radius 1 is 1.00 bits per heavy atom. The number of nitrogens with one attached hydrogen (secondary N) is 3. The van der Waals surface area contributed by atoms with Crippen LogP contribution in [0, 0.1) is 0 Å². The first-order valence-electron chi connectivity index (χ1n) is 18.4. The Balaban J connectivity index is 0.972. The topological polar surface area (TPSA) is 119 Å². The fraction of sp³-hybridized carbons (Fsp3) is 0.425. The molecule has 2 saturated heterocycles. The zero-order valence-electron chi connectivity index (χ0n) is 29.4. The van der Waals surface area contributed by atoms with E-state index in [1.165, 1.54) is 5.56 Å². The number of benzene rings is 3. The van der Waals surface area contributed by atoms with Crippen LogP contribution < -0.4 is 10.6 Å². The second-order valence-electron chi connectivity index (χ2n) is 14.0. The molecule has 0 spiro atoms. The average Bonchev–Trinajstić information content (AvgIpc) is 3.97. The summed E-state index contributed by atoms with van der Waals surface area (Å²) in [6.45, 7) is 7.70. The Bertz CT molecular complexity index is 1870. The maximum Gasteiger partial charge on any atom is 0.251 e. The van der Waals surface area contributed by atoms with Gasteiger partial charge in [0.15, 0.2) is 0 Å². The molecule has 2 aliphatic rings. The van der Waals surface area contributed by atoms with Crippen molar-refractivity contribution >= 4 is 34.2 Å². The molecule has 2 aromatic heterocycles. The van der Waals surface area contributed by atoms with E-state index in [0.717, 1.165) is 103 Å². The van der Waals surface area contributed by atoms with Crippen molar-refractivity contribution in [2.75, 3.05) is 39.3 Å². The summed E-state index contributed by atoms with van der Waals surface area (Å²) < 4.78 is 0. The smallest absolute Gasteiger partial charge is 0.251 e. The first-order valence-corrected chi connectivity index (χ1v) is 19.2. The number of aromatic nitrogens is 4. The highest BCUT2D eigenvalue weighted by molar-refractivity contribution is 7.11. The molecule has 10 nitrogen and oxygen atoms in total. The number of hydrogen-bond acceptors (Lipinski definition) is 8. The van der Waals surface area contributed by atoms with Crippen LogP contribution in [0.3, 0.4) is 0 Å². The minimum Gasteiger partial charge on any atom is -0.345 e. The summed E-state index contributed by atoms with van der Waals surface area (Å²) in [5, 5.41) is 17.3. The molecule has 51 heavy (non-hydrogen) atoms. The van der Waals surface area contributed by atoms with Crippen molar-refractivity contribution in [2.45, 2.75) is 69.9 Å². The van der Waals surface area contributed by atoms with Gasteiger partial charge in [0.1, 0.15) is 15.8 Å². The van der Waals surface area contributed by atoms with Crippen molar-refractivity contribution in [1.82, 2.24) is 40.6 Å². The van der Waals surface area contributed by atoms with Gasteiger partial charge in [-0.3, -0.25) is 14.5 Å². The zero-order chi connectivity index (χ0) is 35.0. The lowest BCUT2D eigenvalue weighted by Gasteiger charge is -2.40. The van der Waals surface area contributed by atoms with Crippen LogP contribution in [-0.4, -0.2) is 87.1 Å². The van der Waals surface area contributed by atoms with Crippen LogP contribution in [0.2, 0.25) is 0 Å². The number of aryl methyl sites for hydroxylation is 1. The van der Waals surface area contributed by atoms with E-state index >= 15 is 0 Å².